The van der Waals surface area contributed by atoms with E-state index in [0.717, 1.165) is 25.9 Å². The second-order valence-electron chi connectivity index (χ2n) is 4.10. The summed E-state index contributed by atoms with van der Waals surface area (Å²) in [6.07, 6.45) is 7.86. The Bertz CT molecular complexity index is 161. The van der Waals surface area contributed by atoms with Gasteiger partial charge in [-0.1, -0.05) is 6.42 Å². The number of hydrogen-bond donors (Lipinski definition) is 0. The summed E-state index contributed by atoms with van der Waals surface area (Å²) in [5.74, 6) is -0.210. The van der Waals surface area contributed by atoms with Crippen LogP contribution in [0.1, 0.15) is 44.9 Å². The molecule has 0 N–H and O–H groups in total. The Kier molecular flexibility index (Phi) is 2.89. The molecule has 2 nitrogen and oxygen atoms in total. The smallest absolute Gasteiger partial charge is 0.168 e. The Morgan fingerprint density at radius 3 is 2.69 bits per heavy atom. The van der Waals surface area contributed by atoms with Crippen molar-refractivity contribution >= 4 is 0 Å². The minimum Gasteiger partial charge on any atom is -0.347 e. The lowest BCUT2D eigenvalue weighted by atomic mass is 9.94. The Balaban J connectivity index is 1.87. The van der Waals surface area contributed by atoms with Crippen molar-refractivity contribution in [2.75, 3.05) is 6.61 Å². The standard InChI is InChI=1S/C11H18O2/c1-2-6-10-9-12-11(13-10)7-4-3-5-8-11/h1,10H,2-9H2. The van der Waals surface area contributed by atoms with Crippen molar-refractivity contribution in [2.45, 2.75) is 56.8 Å². The number of rotatable bonds is 2. The zero-order valence-corrected chi connectivity index (χ0v) is 8.13. The van der Waals surface area contributed by atoms with Crippen molar-refractivity contribution in [3.8, 4) is 0 Å². The Morgan fingerprint density at radius 2 is 2.00 bits per heavy atom. The molecule has 1 heterocycles. The van der Waals surface area contributed by atoms with Gasteiger partial charge in [-0.25, -0.2) is 0 Å². The van der Waals surface area contributed by atoms with Crippen LogP contribution in [0.2, 0.25) is 0 Å². The molecule has 2 aliphatic rings. The Labute approximate surface area is 80.6 Å². The van der Waals surface area contributed by atoms with Crippen molar-refractivity contribution < 1.29 is 9.47 Å². The molecule has 1 aliphatic heterocycles. The first-order valence-corrected chi connectivity index (χ1v) is 5.36. The first-order valence-electron chi connectivity index (χ1n) is 5.36. The predicted molar refractivity (Wildman–Crippen MR) is 50.2 cm³/mol. The zero-order chi connectivity index (χ0) is 9.15. The van der Waals surface area contributed by atoms with Gasteiger partial charge in [-0.05, 0) is 32.6 Å². The molecule has 0 aromatic heterocycles. The van der Waals surface area contributed by atoms with Gasteiger partial charge < -0.3 is 9.47 Å². The van der Waals surface area contributed by atoms with Crippen molar-refractivity contribution in [3.63, 3.8) is 0 Å². The highest BCUT2D eigenvalue weighted by Gasteiger charge is 2.41. The molecular weight excluding hydrogens is 164 g/mol. The average molecular weight is 182 g/mol. The molecule has 1 saturated heterocycles. The summed E-state index contributed by atoms with van der Waals surface area (Å²) >= 11 is 0. The van der Waals surface area contributed by atoms with Crippen molar-refractivity contribution in [1.82, 2.24) is 0 Å². The van der Waals surface area contributed by atoms with Gasteiger partial charge in [-0.3, -0.25) is 0 Å². The van der Waals surface area contributed by atoms with Crippen molar-refractivity contribution in [2.24, 2.45) is 0 Å². The van der Waals surface area contributed by atoms with Crippen LogP contribution in [0.5, 0.6) is 0 Å². The monoisotopic (exact) mass is 182 g/mol. The van der Waals surface area contributed by atoms with Crippen LogP contribution in [-0.2, 0) is 9.47 Å². The fourth-order valence-corrected chi connectivity index (χ4v) is 2.30. The van der Waals surface area contributed by atoms with Gasteiger partial charge in [-0.2, -0.15) is 0 Å². The van der Waals surface area contributed by atoms with E-state index in [1.165, 1.54) is 19.3 Å². The second-order valence-corrected chi connectivity index (χ2v) is 4.10. The highest BCUT2D eigenvalue weighted by Crippen LogP contribution is 2.38. The van der Waals surface area contributed by atoms with E-state index in [4.69, 9.17) is 16.4 Å². The fourth-order valence-electron chi connectivity index (χ4n) is 2.30. The summed E-state index contributed by atoms with van der Waals surface area (Å²) in [4.78, 5) is 0. The SMILES string of the molecule is [CH]CCC1COC2(CCCCC2)O1. The summed E-state index contributed by atoms with van der Waals surface area (Å²) in [5.41, 5.74) is 0. The molecule has 1 unspecified atom stereocenters. The minimum atomic E-state index is -0.210. The van der Waals surface area contributed by atoms with Crippen LogP contribution in [0.15, 0.2) is 0 Å². The molecule has 13 heavy (non-hydrogen) atoms. The van der Waals surface area contributed by atoms with Gasteiger partial charge in [0.15, 0.2) is 5.79 Å². The van der Waals surface area contributed by atoms with Crippen molar-refractivity contribution in [3.05, 3.63) is 6.92 Å². The fraction of sp³-hybridized carbons (Fsp3) is 0.909. The minimum absolute atomic E-state index is 0.210. The molecule has 2 heteroatoms. The first kappa shape index (κ1) is 9.47. The predicted octanol–water partition coefficient (Wildman–Crippen LogP) is 2.55. The molecule has 1 aliphatic carbocycles. The van der Waals surface area contributed by atoms with E-state index >= 15 is 0 Å². The summed E-state index contributed by atoms with van der Waals surface area (Å²) in [6, 6.07) is 0. The lowest BCUT2D eigenvalue weighted by Crippen LogP contribution is -2.33. The van der Waals surface area contributed by atoms with E-state index < -0.39 is 0 Å². The van der Waals surface area contributed by atoms with Gasteiger partial charge in [0.1, 0.15) is 0 Å². The maximum atomic E-state index is 5.93. The summed E-state index contributed by atoms with van der Waals surface area (Å²) < 4.78 is 11.7. The van der Waals surface area contributed by atoms with E-state index in [0.29, 0.717) is 6.42 Å². The normalized spacial score (nSPS) is 32.5. The average Bonchev–Trinajstić information content (AvgIpc) is 2.51. The molecule has 1 saturated carbocycles. The third kappa shape index (κ3) is 2.05. The van der Waals surface area contributed by atoms with Gasteiger partial charge >= 0.3 is 0 Å². The highest BCUT2D eigenvalue weighted by molar-refractivity contribution is 4.82. The van der Waals surface area contributed by atoms with E-state index in [1.807, 2.05) is 0 Å². The molecule has 0 aromatic carbocycles. The van der Waals surface area contributed by atoms with Gasteiger partial charge in [0.05, 0.1) is 12.7 Å². The Morgan fingerprint density at radius 1 is 1.23 bits per heavy atom. The van der Waals surface area contributed by atoms with Crippen LogP contribution in [0.25, 0.3) is 0 Å². The molecule has 0 bridgehead atoms. The first-order chi connectivity index (χ1) is 6.35. The largest absolute Gasteiger partial charge is 0.347 e. The van der Waals surface area contributed by atoms with Gasteiger partial charge in [-0.15, -0.1) is 0 Å². The van der Waals surface area contributed by atoms with E-state index in [2.05, 4.69) is 0 Å². The molecule has 74 valence electrons. The summed E-state index contributed by atoms with van der Waals surface area (Å²) in [5, 5.41) is 0. The van der Waals surface area contributed by atoms with Crippen LogP contribution in [0, 0.1) is 6.92 Å². The van der Waals surface area contributed by atoms with E-state index in [1.54, 1.807) is 0 Å². The maximum absolute atomic E-state index is 5.93. The lowest BCUT2D eigenvalue weighted by Gasteiger charge is -2.31. The molecule has 1 spiro atoms. The van der Waals surface area contributed by atoms with Gasteiger partial charge in [0.2, 0.25) is 0 Å². The van der Waals surface area contributed by atoms with Gasteiger partial charge in [0, 0.05) is 12.8 Å². The van der Waals surface area contributed by atoms with Crippen LogP contribution in [-0.4, -0.2) is 18.5 Å². The lowest BCUT2D eigenvalue weighted by molar-refractivity contribution is -0.187. The van der Waals surface area contributed by atoms with Gasteiger partial charge in [0.25, 0.3) is 0 Å². The molecule has 1 atom stereocenters. The van der Waals surface area contributed by atoms with Crippen LogP contribution >= 0.6 is 0 Å². The van der Waals surface area contributed by atoms with Crippen LogP contribution in [0.4, 0.5) is 0 Å². The Hall–Kier alpha value is -0.0800. The van der Waals surface area contributed by atoms with E-state index in [9.17, 15) is 0 Å². The molecular formula is C11H18O2. The molecule has 2 rings (SSSR count). The topological polar surface area (TPSA) is 18.5 Å². The summed E-state index contributed by atoms with van der Waals surface area (Å²) in [7, 11) is 0. The summed E-state index contributed by atoms with van der Waals surface area (Å²) in [6.45, 7) is 6.24. The molecule has 2 fully saturated rings. The zero-order valence-electron chi connectivity index (χ0n) is 8.13. The quantitative estimate of drug-likeness (QED) is 0.653. The molecule has 0 amide bonds. The highest BCUT2D eigenvalue weighted by atomic mass is 16.7. The number of ether oxygens (including phenoxy) is 2. The third-order valence-electron chi connectivity index (χ3n) is 3.02. The van der Waals surface area contributed by atoms with Crippen LogP contribution < -0.4 is 0 Å². The third-order valence-corrected chi connectivity index (χ3v) is 3.02. The maximum Gasteiger partial charge on any atom is 0.168 e. The van der Waals surface area contributed by atoms with Crippen LogP contribution in [0.3, 0.4) is 0 Å². The molecule has 2 radical (unpaired) electrons. The second kappa shape index (κ2) is 3.97. The van der Waals surface area contributed by atoms with Crippen molar-refractivity contribution in [1.29, 1.82) is 0 Å². The number of hydrogen-bond acceptors (Lipinski definition) is 2. The molecule has 0 aromatic rings. The van der Waals surface area contributed by atoms with E-state index in [-0.39, 0.29) is 11.9 Å².